The molecule has 1 aliphatic carbocycles. The van der Waals surface area contributed by atoms with Gasteiger partial charge in [-0.25, -0.2) is 0 Å². The Morgan fingerprint density at radius 3 is 2.21 bits per heavy atom. The van der Waals surface area contributed by atoms with Crippen molar-refractivity contribution in [2.24, 2.45) is 0 Å². The number of hydrogen-bond donors (Lipinski definition) is 0. The van der Waals surface area contributed by atoms with E-state index in [9.17, 15) is 13.2 Å². The van der Waals surface area contributed by atoms with Gasteiger partial charge in [0.15, 0.2) is 0 Å². The van der Waals surface area contributed by atoms with Crippen molar-refractivity contribution in [3.63, 3.8) is 0 Å². The number of nitrogens with zero attached hydrogens (tertiary/aromatic N) is 1. The van der Waals surface area contributed by atoms with Crippen LogP contribution in [0.15, 0.2) is 42.5 Å². The summed E-state index contributed by atoms with van der Waals surface area (Å²) in [4.78, 5) is 2.66. The molecule has 1 nitrogen and oxygen atoms in total. The summed E-state index contributed by atoms with van der Waals surface area (Å²) in [5.41, 5.74) is 4.06. The highest BCUT2D eigenvalue weighted by Gasteiger charge is 2.32. The predicted molar refractivity (Wildman–Crippen MR) is 112 cm³/mol. The van der Waals surface area contributed by atoms with E-state index in [1.807, 2.05) is 0 Å². The molecule has 1 heterocycles. The van der Waals surface area contributed by atoms with Crippen molar-refractivity contribution in [2.75, 3.05) is 6.54 Å². The van der Waals surface area contributed by atoms with Crippen molar-refractivity contribution in [3.8, 4) is 11.1 Å². The molecular weight excluding hydrogens is 371 g/mol. The number of alkyl halides is 3. The zero-order valence-electron chi connectivity index (χ0n) is 17.4. The van der Waals surface area contributed by atoms with Crippen LogP contribution in [0, 0.1) is 0 Å². The van der Waals surface area contributed by atoms with E-state index in [1.165, 1.54) is 55.4 Å². The first kappa shape index (κ1) is 20.5. The zero-order chi connectivity index (χ0) is 20.6. The third-order valence-electron chi connectivity index (χ3n) is 6.87. The molecule has 156 valence electrons. The first-order valence-corrected chi connectivity index (χ1v) is 10.8. The minimum atomic E-state index is -4.29. The van der Waals surface area contributed by atoms with Gasteiger partial charge in [0, 0.05) is 12.6 Å². The number of benzene rings is 2. The SMILES string of the molecule is CC1(C)CCN(C2CCCCC2)Cc2cc(-c3ccc(C(F)(F)F)cc3)ccc21. The second-order valence-corrected chi connectivity index (χ2v) is 9.34. The Balaban J connectivity index is 1.65. The van der Waals surface area contributed by atoms with Crippen LogP contribution in [-0.2, 0) is 18.1 Å². The maximum Gasteiger partial charge on any atom is 0.416 e. The third kappa shape index (κ3) is 4.37. The second kappa shape index (κ2) is 7.79. The molecule has 0 atom stereocenters. The molecule has 0 amide bonds. The number of fused-ring (bicyclic) bond motifs is 1. The first-order valence-electron chi connectivity index (χ1n) is 10.8. The average molecular weight is 402 g/mol. The summed E-state index contributed by atoms with van der Waals surface area (Å²) in [6, 6.07) is 12.7. The normalized spacial score (nSPS) is 20.9. The van der Waals surface area contributed by atoms with E-state index in [0.29, 0.717) is 6.04 Å². The number of halogens is 3. The van der Waals surface area contributed by atoms with Gasteiger partial charge < -0.3 is 0 Å². The fourth-order valence-corrected chi connectivity index (χ4v) is 5.03. The Kier molecular flexibility index (Phi) is 5.50. The molecule has 0 N–H and O–H groups in total. The fraction of sp³-hybridized carbons (Fsp3) is 0.520. The number of rotatable bonds is 2. The quantitative estimate of drug-likeness (QED) is 0.515. The number of hydrogen-bond acceptors (Lipinski definition) is 1. The molecule has 1 aliphatic heterocycles. The van der Waals surface area contributed by atoms with Gasteiger partial charge in [0.25, 0.3) is 0 Å². The van der Waals surface area contributed by atoms with Crippen LogP contribution in [0.5, 0.6) is 0 Å². The van der Waals surface area contributed by atoms with Crippen molar-refractivity contribution in [2.45, 2.75) is 76.6 Å². The monoisotopic (exact) mass is 401 g/mol. The predicted octanol–water partition coefficient (Wildman–Crippen LogP) is 7.19. The maximum absolute atomic E-state index is 12.9. The highest BCUT2D eigenvalue weighted by atomic mass is 19.4. The van der Waals surface area contributed by atoms with Gasteiger partial charge in [0.05, 0.1) is 5.56 Å². The van der Waals surface area contributed by atoms with Gasteiger partial charge in [0.1, 0.15) is 0 Å². The van der Waals surface area contributed by atoms with Crippen LogP contribution in [0.25, 0.3) is 11.1 Å². The molecule has 0 radical (unpaired) electrons. The van der Waals surface area contributed by atoms with Gasteiger partial charge in [0.2, 0.25) is 0 Å². The molecule has 0 saturated heterocycles. The highest BCUT2D eigenvalue weighted by molar-refractivity contribution is 5.66. The Morgan fingerprint density at radius 2 is 1.55 bits per heavy atom. The van der Waals surface area contributed by atoms with Crippen LogP contribution in [0.3, 0.4) is 0 Å². The lowest BCUT2D eigenvalue weighted by atomic mass is 9.79. The molecule has 0 aromatic heterocycles. The van der Waals surface area contributed by atoms with Crippen molar-refractivity contribution >= 4 is 0 Å². The smallest absolute Gasteiger partial charge is 0.296 e. The van der Waals surface area contributed by atoms with Crippen molar-refractivity contribution < 1.29 is 13.2 Å². The lowest BCUT2D eigenvalue weighted by Gasteiger charge is -2.34. The molecule has 4 heteroatoms. The van der Waals surface area contributed by atoms with E-state index >= 15 is 0 Å². The molecule has 1 saturated carbocycles. The highest BCUT2D eigenvalue weighted by Crippen LogP contribution is 2.38. The molecule has 4 rings (SSSR count). The van der Waals surface area contributed by atoms with Crippen LogP contribution >= 0.6 is 0 Å². The third-order valence-corrected chi connectivity index (χ3v) is 6.87. The summed E-state index contributed by atoms with van der Waals surface area (Å²) in [5.74, 6) is 0. The second-order valence-electron chi connectivity index (χ2n) is 9.34. The topological polar surface area (TPSA) is 3.24 Å². The van der Waals surface area contributed by atoms with Gasteiger partial charge in [-0.3, -0.25) is 4.90 Å². The van der Waals surface area contributed by atoms with E-state index < -0.39 is 11.7 Å². The minimum absolute atomic E-state index is 0.109. The average Bonchev–Trinajstić information content (AvgIpc) is 2.84. The van der Waals surface area contributed by atoms with Crippen LogP contribution < -0.4 is 0 Å². The summed E-state index contributed by atoms with van der Waals surface area (Å²) in [6.07, 6.45) is 3.41. The van der Waals surface area contributed by atoms with Crippen LogP contribution in [0.4, 0.5) is 13.2 Å². The van der Waals surface area contributed by atoms with Gasteiger partial charge in [-0.2, -0.15) is 13.2 Å². The lowest BCUT2D eigenvalue weighted by molar-refractivity contribution is -0.137. The van der Waals surface area contributed by atoms with Gasteiger partial charge >= 0.3 is 6.18 Å². The summed E-state index contributed by atoms with van der Waals surface area (Å²) in [6.45, 7) is 6.68. The van der Waals surface area contributed by atoms with E-state index in [1.54, 1.807) is 12.1 Å². The molecule has 29 heavy (non-hydrogen) atoms. The molecule has 2 aliphatic rings. The van der Waals surface area contributed by atoms with E-state index in [4.69, 9.17) is 0 Å². The van der Waals surface area contributed by atoms with E-state index in [2.05, 4.69) is 36.9 Å². The van der Waals surface area contributed by atoms with E-state index in [0.717, 1.165) is 30.6 Å². The largest absolute Gasteiger partial charge is 0.416 e. The maximum atomic E-state index is 12.9. The Morgan fingerprint density at radius 1 is 0.897 bits per heavy atom. The molecule has 2 aromatic carbocycles. The molecule has 0 unspecified atom stereocenters. The van der Waals surface area contributed by atoms with Crippen LogP contribution in [0.1, 0.15) is 69.1 Å². The minimum Gasteiger partial charge on any atom is -0.296 e. The molecule has 2 aromatic rings. The zero-order valence-corrected chi connectivity index (χ0v) is 17.4. The Labute approximate surface area is 171 Å². The Bertz CT molecular complexity index is 845. The molecule has 1 fully saturated rings. The van der Waals surface area contributed by atoms with Gasteiger partial charge in [-0.1, -0.05) is 57.4 Å². The Hall–Kier alpha value is -1.81. The molecular formula is C25H30F3N. The first-order chi connectivity index (χ1) is 13.7. The summed E-state index contributed by atoms with van der Waals surface area (Å²) < 4.78 is 38.7. The summed E-state index contributed by atoms with van der Waals surface area (Å²) in [5, 5.41) is 0. The van der Waals surface area contributed by atoms with Crippen LogP contribution in [0.2, 0.25) is 0 Å². The molecule has 0 spiro atoms. The lowest BCUT2D eigenvalue weighted by Crippen LogP contribution is -2.37. The van der Waals surface area contributed by atoms with Crippen molar-refractivity contribution in [3.05, 3.63) is 59.2 Å². The summed E-state index contributed by atoms with van der Waals surface area (Å²) >= 11 is 0. The van der Waals surface area contributed by atoms with Crippen LogP contribution in [-0.4, -0.2) is 17.5 Å². The van der Waals surface area contributed by atoms with Crippen molar-refractivity contribution in [1.29, 1.82) is 0 Å². The fourth-order valence-electron chi connectivity index (χ4n) is 5.03. The standard InChI is InChI=1S/C25H30F3N/c1-24(2)14-15-29(22-6-4-3-5-7-22)17-20-16-19(10-13-23(20)24)18-8-11-21(12-9-18)25(26,27)28/h8-13,16,22H,3-7,14-15,17H2,1-2H3. The summed E-state index contributed by atoms with van der Waals surface area (Å²) in [7, 11) is 0. The van der Waals surface area contributed by atoms with Gasteiger partial charge in [-0.15, -0.1) is 0 Å². The van der Waals surface area contributed by atoms with Crippen molar-refractivity contribution in [1.82, 2.24) is 4.90 Å². The van der Waals surface area contributed by atoms with Gasteiger partial charge in [-0.05, 0) is 71.7 Å². The molecule has 0 bridgehead atoms. The van der Waals surface area contributed by atoms with E-state index in [-0.39, 0.29) is 5.41 Å².